The molecular formula is C24H30N6O3S. The lowest BCUT2D eigenvalue weighted by molar-refractivity contribution is -0.115. The summed E-state index contributed by atoms with van der Waals surface area (Å²) >= 11 is 1.06. The predicted octanol–water partition coefficient (Wildman–Crippen LogP) is 0.605. The zero-order valence-corrected chi connectivity index (χ0v) is 20.6. The highest BCUT2D eigenvalue weighted by atomic mass is 32.1. The van der Waals surface area contributed by atoms with Gasteiger partial charge < -0.3 is 20.3 Å². The van der Waals surface area contributed by atoms with Crippen molar-refractivity contribution < 1.29 is 9.53 Å². The summed E-state index contributed by atoms with van der Waals surface area (Å²) in [5, 5.41) is 23.7. The van der Waals surface area contributed by atoms with E-state index in [1.807, 2.05) is 24.3 Å². The lowest BCUT2D eigenvalue weighted by atomic mass is 10.1. The molecule has 0 aliphatic heterocycles. The molecule has 1 aromatic heterocycles. The molecule has 2 aromatic rings. The van der Waals surface area contributed by atoms with E-state index < -0.39 is 5.91 Å². The number of methoxy groups -OCH3 is 1. The highest BCUT2D eigenvalue weighted by Gasteiger charge is 2.14. The minimum atomic E-state index is -0.675. The molecule has 0 saturated carbocycles. The van der Waals surface area contributed by atoms with Crippen LogP contribution in [0.1, 0.15) is 19.4 Å². The SMILES string of the molecule is CCN(CCOC)CCc1cccc(N/C=c2/s/c(=C(/C#N)C(=O)NCC#N)n(CC)c2=O)c1. The predicted molar refractivity (Wildman–Crippen MR) is 133 cm³/mol. The summed E-state index contributed by atoms with van der Waals surface area (Å²) in [6.45, 7) is 7.45. The van der Waals surface area contributed by atoms with Crippen molar-refractivity contribution in [1.82, 2.24) is 14.8 Å². The highest BCUT2D eigenvalue weighted by molar-refractivity contribution is 7.07. The molecule has 0 aliphatic carbocycles. The van der Waals surface area contributed by atoms with Gasteiger partial charge in [0.15, 0.2) is 5.57 Å². The van der Waals surface area contributed by atoms with Gasteiger partial charge in [-0.1, -0.05) is 19.1 Å². The number of thiazole rings is 1. The van der Waals surface area contributed by atoms with Crippen LogP contribution >= 0.6 is 11.3 Å². The summed E-state index contributed by atoms with van der Waals surface area (Å²) in [6.07, 6.45) is 2.48. The zero-order chi connectivity index (χ0) is 24.9. The topological polar surface area (TPSA) is 123 Å². The molecule has 0 unspecified atom stereocenters. The van der Waals surface area contributed by atoms with Gasteiger partial charge in [-0.2, -0.15) is 10.5 Å². The van der Waals surface area contributed by atoms with Gasteiger partial charge in [0.2, 0.25) is 0 Å². The molecule has 2 rings (SSSR count). The Morgan fingerprint density at radius 3 is 2.74 bits per heavy atom. The van der Waals surface area contributed by atoms with Crippen molar-refractivity contribution in [2.75, 3.05) is 45.2 Å². The molecule has 1 heterocycles. The van der Waals surface area contributed by atoms with Crippen LogP contribution in [-0.2, 0) is 22.5 Å². The normalized spacial score (nSPS) is 12.2. The van der Waals surface area contributed by atoms with Crippen LogP contribution < -0.4 is 25.4 Å². The number of benzene rings is 1. The van der Waals surface area contributed by atoms with Crippen LogP contribution in [0.25, 0.3) is 11.8 Å². The fourth-order valence-electron chi connectivity index (χ4n) is 3.30. The maximum atomic E-state index is 12.8. The van der Waals surface area contributed by atoms with Gasteiger partial charge in [-0.3, -0.25) is 14.2 Å². The lowest BCUT2D eigenvalue weighted by Crippen LogP contribution is -2.34. The fourth-order valence-corrected chi connectivity index (χ4v) is 4.38. The van der Waals surface area contributed by atoms with Crippen molar-refractivity contribution in [3.63, 3.8) is 0 Å². The first-order chi connectivity index (χ1) is 16.5. The number of nitrogens with zero attached hydrogens (tertiary/aromatic N) is 4. The Balaban J connectivity index is 2.28. The molecule has 34 heavy (non-hydrogen) atoms. The number of rotatable bonds is 12. The van der Waals surface area contributed by atoms with Crippen molar-refractivity contribution in [3.05, 3.63) is 49.4 Å². The first-order valence-corrected chi connectivity index (χ1v) is 11.9. The number of hydrogen-bond donors (Lipinski definition) is 2. The third-order valence-corrected chi connectivity index (χ3v) is 6.31. The minimum Gasteiger partial charge on any atom is -0.383 e. The van der Waals surface area contributed by atoms with Gasteiger partial charge >= 0.3 is 0 Å². The molecule has 0 bridgehead atoms. The number of aromatic nitrogens is 1. The molecule has 2 N–H and O–H groups in total. The number of anilines is 1. The van der Waals surface area contributed by atoms with E-state index in [-0.39, 0.29) is 22.3 Å². The third kappa shape index (κ3) is 7.29. The number of carbonyl (C=O) groups is 1. The average molecular weight is 483 g/mol. The van der Waals surface area contributed by atoms with Gasteiger partial charge in [-0.15, -0.1) is 11.3 Å². The van der Waals surface area contributed by atoms with E-state index >= 15 is 0 Å². The molecule has 9 nitrogen and oxygen atoms in total. The molecule has 0 aliphatic rings. The first kappa shape index (κ1) is 26.8. The number of amides is 1. The van der Waals surface area contributed by atoms with Crippen LogP contribution in [0.4, 0.5) is 5.69 Å². The Kier molecular flexibility index (Phi) is 11.0. The van der Waals surface area contributed by atoms with Crippen LogP contribution in [0, 0.1) is 22.7 Å². The summed E-state index contributed by atoms with van der Waals surface area (Å²) < 4.78 is 7.19. The van der Waals surface area contributed by atoms with E-state index in [0.29, 0.717) is 17.7 Å². The Hall–Kier alpha value is -3.44. The molecule has 0 radical (unpaired) electrons. The van der Waals surface area contributed by atoms with E-state index in [9.17, 15) is 14.9 Å². The Labute approximate surface area is 203 Å². The van der Waals surface area contributed by atoms with Gasteiger partial charge in [-0.05, 0) is 37.6 Å². The monoisotopic (exact) mass is 482 g/mol. The molecule has 0 fully saturated rings. The molecule has 1 amide bonds. The highest BCUT2D eigenvalue weighted by Crippen LogP contribution is 2.11. The third-order valence-electron chi connectivity index (χ3n) is 5.18. The summed E-state index contributed by atoms with van der Waals surface area (Å²) in [5.41, 5.74) is 1.53. The Morgan fingerprint density at radius 2 is 2.09 bits per heavy atom. The maximum absolute atomic E-state index is 12.8. The molecule has 0 saturated heterocycles. The average Bonchev–Trinajstić information content (AvgIpc) is 3.17. The van der Waals surface area contributed by atoms with Crippen LogP contribution in [0.3, 0.4) is 0 Å². The second-order valence-corrected chi connectivity index (χ2v) is 8.35. The number of likely N-dealkylation sites (N-methyl/N-ethyl adjacent to an activating group) is 1. The quantitative estimate of drug-likeness (QED) is 0.425. The number of nitrogens with one attached hydrogen (secondary N) is 2. The van der Waals surface area contributed by atoms with Gasteiger partial charge in [0.25, 0.3) is 11.5 Å². The van der Waals surface area contributed by atoms with Crippen LogP contribution in [0.2, 0.25) is 0 Å². The second-order valence-electron chi connectivity index (χ2n) is 7.31. The summed E-state index contributed by atoms with van der Waals surface area (Å²) in [5.74, 6) is -0.675. The van der Waals surface area contributed by atoms with Crippen molar-refractivity contribution >= 4 is 34.7 Å². The lowest BCUT2D eigenvalue weighted by Gasteiger charge is -2.19. The van der Waals surface area contributed by atoms with E-state index in [2.05, 4.69) is 28.5 Å². The molecular weight excluding hydrogens is 452 g/mol. The van der Waals surface area contributed by atoms with Gasteiger partial charge in [-0.25, -0.2) is 0 Å². The fraction of sp³-hybridized carbons (Fsp3) is 0.417. The maximum Gasteiger partial charge on any atom is 0.270 e. The number of nitriles is 2. The summed E-state index contributed by atoms with van der Waals surface area (Å²) in [4.78, 5) is 27.4. The summed E-state index contributed by atoms with van der Waals surface area (Å²) in [7, 11) is 1.70. The van der Waals surface area contributed by atoms with Crippen LogP contribution in [0.5, 0.6) is 0 Å². The van der Waals surface area contributed by atoms with Gasteiger partial charge in [0.05, 0.1) is 12.7 Å². The molecule has 0 spiro atoms. The summed E-state index contributed by atoms with van der Waals surface area (Å²) in [6, 6.07) is 11.6. The van der Waals surface area contributed by atoms with Crippen LogP contribution in [0.15, 0.2) is 29.1 Å². The van der Waals surface area contributed by atoms with E-state index in [0.717, 1.165) is 43.1 Å². The first-order valence-electron chi connectivity index (χ1n) is 11.0. The molecule has 180 valence electrons. The molecule has 1 aromatic carbocycles. The van der Waals surface area contributed by atoms with E-state index in [1.165, 1.54) is 10.1 Å². The van der Waals surface area contributed by atoms with E-state index in [1.54, 1.807) is 26.3 Å². The number of hydrogen-bond acceptors (Lipinski definition) is 8. The van der Waals surface area contributed by atoms with E-state index in [4.69, 9.17) is 10.00 Å². The van der Waals surface area contributed by atoms with Crippen molar-refractivity contribution in [1.29, 1.82) is 10.5 Å². The Bertz CT molecular complexity index is 1240. The second kappa shape index (κ2) is 14.0. The van der Waals surface area contributed by atoms with Crippen molar-refractivity contribution in [2.45, 2.75) is 26.8 Å². The molecule has 10 heteroatoms. The standard InChI is InChI=1S/C24H30N6O3S/c1-4-29(13-14-33-3)12-9-18-7-6-8-19(15-18)28-17-21-23(32)30(5-2)24(34-21)20(16-26)22(31)27-11-10-25/h6-8,15,17,28H,4-5,9,11-14H2,1-3H3,(H,27,31)/b21-17+,24-20-. The van der Waals surface area contributed by atoms with Gasteiger partial charge in [0.1, 0.15) is 21.8 Å². The molecule has 0 atom stereocenters. The van der Waals surface area contributed by atoms with Crippen molar-refractivity contribution in [3.8, 4) is 12.1 Å². The van der Waals surface area contributed by atoms with Crippen LogP contribution in [-0.4, -0.2) is 55.3 Å². The smallest absolute Gasteiger partial charge is 0.270 e. The largest absolute Gasteiger partial charge is 0.383 e. The Morgan fingerprint density at radius 1 is 1.29 bits per heavy atom. The van der Waals surface area contributed by atoms with Crippen molar-refractivity contribution in [2.24, 2.45) is 0 Å². The zero-order valence-electron chi connectivity index (χ0n) is 19.8. The van der Waals surface area contributed by atoms with Gasteiger partial charge in [0, 0.05) is 38.6 Å². The number of ether oxygens (including phenoxy) is 1. The number of carbonyl (C=O) groups excluding carboxylic acids is 1. The minimum absolute atomic E-state index is 0.185.